The Bertz CT molecular complexity index is 723. The lowest BCUT2D eigenvalue weighted by Crippen LogP contribution is -2.41. The van der Waals surface area contributed by atoms with Crippen molar-refractivity contribution in [2.24, 2.45) is 0 Å². The molecule has 1 aromatic rings. The van der Waals surface area contributed by atoms with Crippen LogP contribution in [0.1, 0.15) is 23.2 Å². The fraction of sp³-hybridized carbons (Fsp3) is 0.385. The van der Waals surface area contributed by atoms with Crippen LogP contribution < -0.4 is 5.73 Å². The van der Waals surface area contributed by atoms with Crippen molar-refractivity contribution in [1.29, 1.82) is 0 Å². The fourth-order valence-electron chi connectivity index (χ4n) is 2.64. The SMILES string of the molecule is Nc1ccc2c(c1)S(=O)(=O)N(CC(=O)N1CCCC1)C2=O. The fourth-order valence-corrected chi connectivity index (χ4v) is 4.19. The van der Waals surface area contributed by atoms with E-state index in [2.05, 4.69) is 0 Å². The zero-order chi connectivity index (χ0) is 15.2. The number of likely N-dealkylation sites (tertiary alicyclic amines) is 1. The number of benzene rings is 1. The molecule has 0 unspecified atom stereocenters. The third-order valence-electron chi connectivity index (χ3n) is 3.77. The molecule has 2 aliphatic heterocycles. The minimum absolute atomic E-state index is 0.0680. The summed E-state index contributed by atoms with van der Waals surface area (Å²) in [7, 11) is -3.99. The molecule has 0 aliphatic carbocycles. The summed E-state index contributed by atoms with van der Waals surface area (Å²) in [4.78, 5) is 25.8. The number of fused-ring (bicyclic) bond motifs is 1. The van der Waals surface area contributed by atoms with Crippen molar-refractivity contribution in [3.8, 4) is 0 Å². The first-order chi connectivity index (χ1) is 9.91. The summed E-state index contributed by atoms with van der Waals surface area (Å²) in [6.07, 6.45) is 1.81. The molecule has 0 bridgehead atoms. The Kier molecular flexibility index (Phi) is 3.12. The summed E-state index contributed by atoms with van der Waals surface area (Å²) in [5.74, 6) is -1.01. The summed E-state index contributed by atoms with van der Waals surface area (Å²) < 4.78 is 25.4. The molecule has 0 atom stereocenters. The van der Waals surface area contributed by atoms with Gasteiger partial charge in [0.2, 0.25) is 5.91 Å². The van der Waals surface area contributed by atoms with E-state index in [1.165, 1.54) is 18.2 Å². The minimum Gasteiger partial charge on any atom is -0.399 e. The highest BCUT2D eigenvalue weighted by molar-refractivity contribution is 7.90. The highest BCUT2D eigenvalue weighted by Gasteiger charge is 2.42. The number of carbonyl (C=O) groups is 2. The van der Waals surface area contributed by atoms with Crippen LogP contribution in [-0.4, -0.2) is 49.1 Å². The van der Waals surface area contributed by atoms with Gasteiger partial charge in [-0.05, 0) is 31.0 Å². The van der Waals surface area contributed by atoms with Crippen LogP contribution in [0.3, 0.4) is 0 Å². The molecule has 0 saturated carbocycles. The lowest BCUT2D eigenvalue weighted by Gasteiger charge is -2.20. The number of anilines is 1. The number of nitrogens with zero attached hydrogens (tertiary/aromatic N) is 2. The number of hydrogen-bond donors (Lipinski definition) is 1. The average Bonchev–Trinajstić information content (AvgIpc) is 3.02. The summed E-state index contributed by atoms with van der Waals surface area (Å²) in [6.45, 7) is 0.775. The second-order valence-corrected chi connectivity index (χ2v) is 6.99. The van der Waals surface area contributed by atoms with Crippen LogP contribution in [0, 0.1) is 0 Å². The van der Waals surface area contributed by atoms with Gasteiger partial charge in [0.15, 0.2) is 0 Å². The Morgan fingerprint density at radius 3 is 2.57 bits per heavy atom. The number of hydrogen-bond acceptors (Lipinski definition) is 5. The number of sulfonamides is 1. The van der Waals surface area contributed by atoms with Crippen LogP contribution in [0.2, 0.25) is 0 Å². The van der Waals surface area contributed by atoms with E-state index < -0.39 is 22.5 Å². The molecule has 2 heterocycles. The van der Waals surface area contributed by atoms with Crippen LogP contribution in [0.25, 0.3) is 0 Å². The van der Waals surface area contributed by atoms with Crippen molar-refractivity contribution in [3.63, 3.8) is 0 Å². The number of amides is 2. The third-order valence-corrected chi connectivity index (χ3v) is 5.54. The van der Waals surface area contributed by atoms with E-state index >= 15 is 0 Å². The highest BCUT2D eigenvalue weighted by Crippen LogP contribution is 2.31. The van der Waals surface area contributed by atoms with Gasteiger partial charge in [-0.1, -0.05) is 0 Å². The molecule has 8 heteroatoms. The van der Waals surface area contributed by atoms with Gasteiger partial charge >= 0.3 is 0 Å². The van der Waals surface area contributed by atoms with Gasteiger partial charge in [-0.2, -0.15) is 0 Å². The second kappa shape index (κ2) is 4.73. The number of nitrogen functional groups attached to an aromatic ring is 1. The van der Waals surface area contributed by atoms with Crippen molar-refractivity contribution in [2.45, 2.75) is 17.7 Å². The molecule has 21 heavy (non-hydrogen) atoms. The van der Waals surface area contributed by atoms with E-state index in [0.717, 1.165) is 12.8 Å². The van der Waals surface area contributed by atoms with Gasteiger partial charge in [-0.15, -0.1) is 0 Å². The second-order valence-electron chi connectivity index (χ2n) is 5.16. The number of carbonyl (C=O) groups excluding carboxylic acids is 2. The first kappa shape index (κ1) is 13.9. The molecule has 0 aromatic heterocycles. The average molecular weight is 309 g/mol. The van der Waals surface area contributed by atoms with Gasteiger partial charge in [-0.3, -0.25) is 9.59 Å². The van der Waals surface area contributed by atoms with Crippen molar-refractivity contribution in [2.75, 3.05) is 25.4 Å². The lowest BCUT2D eigenvalue weighted by molar-refractivity contribution is -0.130. The molecular formula is C13H15N3O4S. The van der Waals surface area contributed by atoms with Crippen molar-refractivity contribution in [1.82, 2.24) is 9.21 Å². The largest absolute Gasteiger partial charge is 0.399 e. The van der Waals surface area contributed by atoms with E-state index in [-0.39, 0.29) is 22.1 Å². The topological polar surface area (TPSA) is 101 Å². The molecular weight excluding hydrogens is 294 g/mol. The standard InChI is InChI=1S/C13H15N3O4S/c14-9-3-4-10-11(7-9)21(19,20)16(13(10)18)8-12(17)15-5-1-2-6-15/h3-4,7H,1-2,5-6,8,14H2. The van der Waals surface area contributed by atoms with Gasteiger partial charge in [0.1, 0.15) is 11.4 Å². The Labute approximate surface area is 122 Å². The van der Waals surface area contributed by atoms with Crippen LogP contribution in [0.5, 0.6) is 0 Å². The van der Waals surface area contributed by atoms with Gasteiger partial charge in [0, 0.05) is 18.8 Å². The predicted octanol–water partition coefficient (Wildman–Crippen LogP) is 0.0357. The summed E-state index contributed by atoms with van der Waals surface area (Å²) in [5.41, 5.74) is 5.90. The van der Waals surface area contributed by atoms with E-state index in [4.69, 9.17) is 5.73 Å². The zero-order valence-electron chi connectivity index (χ0n) is 11.3. The van der Waals surface area contributed by atoms with E-state index in [1.807, 2.05) is 0 Å². The number of rotatable bonds is 2. The molecule has 1 fully saturated rings. The lowest BCUT2D eigenvalue weighted by atomic mass is 10.2. The number of nitrogens with two attached hydrogens (primary N) is 1. The van der Waals surface area contributed by atoms with Gasteiger partial charge < -0.3 is 10.6 Å². The molecule has 112 valence electrons. The van der Waals surface area contributed by atoms with Crippen LogP contribution >= 0.6 is 0 Å². The first-order valence-electron chi connectivity index (χ1n) is 6.65. The smallest absolute Gasteiger partial charge is 0.269 e. The van der Waals surface area contributed by atoms with Crippen molar-refractivity contribution < 1.29 is 18.0 Å². The molecule has 2 N–H and O–H groups in total. The molecule has 0 spiro atoms. The van der Waals surface area contributed by atoms with Crippen molar-refractivity contribution in [3.05, 3.63) is 23.8 Å². The van der Waals surface area contributed by atoms with Gasteiger partial charge in [0.25, 0.3) is 15.9 Å². The Morgan fingerprint density at radius 1 is 1.24 bits per heavy atom. The summed E-state index contributed by atoms with van der Waals surface area (Å²) in [5, 5.41) is 0. The van der Waals surface area contributed by atoms with E-state index in [9.17, 15) is 18.0 Å². The molecule has 2 amide bonds. The Morgan fingerprint density at radius 2 is 1.90 bits per heavy atom. The molecule has 1 saturated heterocycles. The maximum Gasteiger partial charge on any atom is 0.269 e. The zero-order valence-corrected chi connectivity index (χ0v) is 12.1. The van der Waals surface area contributed by atoms with Crippen LogP contribution in [-0.2, 0) is 14.8 Å². The maximum absolute atomic E-state index is 12.4. The normalized spacial score (nSPS) is 19.9. The maximum atomic E-state index is 12.4. The van der Waals surface area contributed by atoms with E-state index in [1.54, 1.807) is 4.90 Å². The minimum atomic E-state index is -3.99. The Balaban J connectivity index is 1.91. The third kappa shape index (κ3) is 2.15. The quantitative estimate of drug-likeness (QED) is 0.777. The summed E-state index contributed by atoms with van der Waals surface area (Å²) in [6, 6.07) is 4.10. The molecule has 1 aromatic carbocycles. The summed E-state index contributed by atoms with van der Waals surface area (Å²) >= 11 is 0. The molecule has 2 aliphatic rings. The van der Waals surface area contributed by atoms with Gasteiger partial charge in [0.05, 0.1) is 5.56 Å². The molecule has 0 radical (unpaired) electrons. The predicted molar refractivity (Wildman–Crippen MR) is 74.9 cm³/mol. The van der Waals surface area contributed by atoms with Gasteiger partial charge in [-0.25, -0.2) is 12.7 Å². The van der Waals surface area contributed by atoms with Crippen LogP contribution in [0.15, 0.2) is 23.1 Å². The first-order valence-corrected chi connectivity index (χ1v) is 8.09. The highest BCUT2D eigenvalue weighted by atomic mass is 32.2. The monoisotopic (exact) mass is 309 g/mol. The van der Waals surface area contributed by atoms with E-state index in [0.29, 0.717) is 17.4 Å². The van der Waals surface area contributed by atoms with Crippen molar-refractivity contribution >= 4 is 27.5 Å². The Hall–Kier alpha value is -2.09. The molecule has 7 nitrogen and oxygen atoms in total. The molecule has 3 rings (SSSR count). The van der Waals surface area contributed by atoms with Crippen LogP contribution in [0.4, 0.5) is 5.69 Å².